The first-order chi connectivity index (χ1) is 10.5. The Morgan fingerprint density at radius 2 is 2.27 bits per heavy atom. The zero-order chi connectivity index (χ0) is 15.7. The summed E-state index contributed by atoms with van der Waals surface area (Å²) in [6, 6.07) is 8.10. The highest BCUT2D eigenvalue weighted by atomic mass is 79.9. The third kappa shape index (κ3) is 2.70. The Bertz CT molecular complexity index is 719. The SMILES string of the molecule is CCOC(=O)C1(C)CCN(c2ccnc3ccc(Br)cc23)C1. The predicted octanol–water partition coefficient (Wildman–Crippen LogP) is 3.78. The van der Waals surface area contributed by atoms with E-state index in [1.807, 2.05) is 38.2 Å². The topological polar surface area (TPSA) is 42.4 Å². The van der Waals surface area contributed by atoms with Gasteiger partial charge in [-0.1, -0.05) is 15.9 Å². The number of benzene rings is 1. The van der Waals surface area contributed by atoms with Crippen molar-refractivity contribution in [3.63, 3.8) is 0 Å². The van der Waals surface area contributed by atoms with Crippen molar-refractivity contribution in [3.8, 4) is 0 Å². The molecule has 0 aliphatic carbocycles. The lowest BCUT2D eigenvalue weighted by Crippen LogP contribution is -2.33. The van der Waals surface area contributed by atoms with Gasteiger partial charge in [0.05, 0.1) is 17.5 Å². The van der Waals surface area contributed by atoms with Gasteiger partial charge in [-0.15, -0.1) is 0 Å². The molecule has 1 fully saturated rings. The minimum absolute atomic E-state index is 0.1000. The molecule has 4 nitrogen and oxygen atoms in total. The van der Waals surface area contributed by atoms with Gasteiger partial charge >= 0.3 is 5.97 Å². The van der Waals surface area contributed by atoms with Crippen molar-refractivity contribution >= 4 is 38.5 Å². The Kier molecular flexibility index (Phi) is 4.08. The van der Waals surface area contributed by atoms with E-state index in [1.54, 1.807) is 0 Å². The first kappa shape index (κ1) is 15.3. The molecule has 2 heterocycles. The number of rotatable bonds is 3. The molecule has 1 unspecified atom stereocenters. The van der Waals surface area contributed by atoms with Crippen LogP contribution in [0.4, 0.5) is 5.69 Å². The number of hydrogen-bond donors (Lipinski definition) is 0. The van der Waals surface area contributed by atoms with Crippen LogP contribution in [0.5, 0.6) is 0 Å². The lowest BCUT2D eigenvalue weighted by Gasteiger charge is -2.24. The van der Waals surface area contributed by atoms with Gasteiger partial charge in [0.1, 0.15) is 0 Å². The van der Waals surface area contributed by atoms with Gasteiger partial charge in [0.15, 0.2) is 0 Å². The second-order valence-corrected chi connectivity index (χ2v) is 6.86. The summed E-state index contributed by atoms with van der Waals surface area (Å²) in [5.41, 5.74) is 1.65. The number of anilines is 1. The fraction of sp³-hybridized carbons (Fsp3) is 0.412. The summed E-state index contributed by atoms with van der Waals surface area (Å²) in [6.45, 7) is 5.80. The number of nitrogens with zero attached hydrogens (tertiary/aromatic N) is 2. The summed E-state index contributed by atoms with van der Waals surface area (Å²) in [5.74, 6) is -0.1000. The molecule has 116 valence electrons. The van der Waals surface area contributed by atoms with Crippen molar-refractivity contribution < 1.29 is 9.53 Å². The minimum Gasteiger partial charge on any atom is -0.466 e. The van der Waals surface area contributed by atoms with Crippen molar-refractivity contribution in [2.75, 3.05) is 24.6 Å². The maximum absolute atomic E-state index is 12.2. The van der Waals surface area contributed by atoms with Gasteiger partial charge in [-0.2, -0.15) is 0 Å². The number of aromatic nitrogens is 1. The van der Waals surface area contributed by atoms with E-state index in [0.29, 0.717) is 13.2 Å². The minimum atomic E-state index is -0.433. The van der Waals surface area contributed by atoms with Gasteiger partial charge in [0, 0.05) is 34.8 Å². The molecule has 0 N–H and O–H groups in total. The van der Waals surface area contributed by atoms with Crippen LogP contribution in [-0.2, 0) is 9.53 Å². The molecule has 0 bridgehead atoms. The number of halogens is 1. The van der Waals surface area contributed by atoms with Crippen LogP contribution in [0.15, 0.2) is 34.9 Å². The smallest absolute Gasteiger partial charge is 0.313 e. The van der Waals surface area contributed by atoms with Gasteiger partial charge in [0.25, 0.3) is 0 Å². The van der Waals surface area contributed by atoms with E-state index in [1.165, 1.54) is 0 Å². The molecule has 2 aromatic rings. The van der Waals surface area contributed by atoms with Crippen molar-refractivity contribution in [3.05, 3.63) is 34.9 Å². The van der Waals surface area contributed by atoms with Crippen molar-refractivity contribution in [1.29, 1.82) is 0 Å². The summed E-state index contributed by atoms with van der Waals surface area (Å²) in [4.78, 5) is 18.9. The third-order valence-electron chi connectivity index (χ3n) is 4.26. The van der Waals surface area contributed by atoms with E-state index < -0.39 is 5.41 Å². The van der Waals surface area contributed by atoms with E-state index in [-0.39, 0.29) is 5.97 Å². The Hall–Kier alpha value is -1.62. The highest BCUT2D eigenvalue weighted by Gasteiger charge is 2.42. The number of carbonyl (C=O) groups is 1. The summed E-state index contributed by atoms with van der Waals surface area (Å²) >= 11 is 3.52. The molecule has 0 radical (unpaired) electrons. The molecule has 0 spiro atoms. The van der Waals surface area contributed by atoms with Crippen LogP contribution in [0.3, 0.4) is 0 Å². The van der Waals surface area contributed by atoms with E-state index >= 15 is 0 Å². The van der Waals surface area contributed by atoms with Gasteiger partial charge in [-0.05, 0) is 44.5 Å². The van der Waals surface area contributed by atoms with Crippen molar-refractivity contribution in [2.45, 2.75) is 20.3 Å². The fourth-order valence-corrected chi connectivity index (χ4v) is 3.38. The first-order valence-electron chi connectivity index (χ1n) is 7.50. The second kappa shape index (κ2) is 5.88. The van der Waals surface area contributed by atoms with Crippen LogP contribution in [0, 0.1) is 5.41 Å². The number of hydrogen-bond acceptors (Lipinski definition) is 4. The van der Waals surface area contributed by atoms with Crippen LogP contribution in [0.1, 0.15) is 20.3 Å². The average Bonchev–Trinajstić information content (AvgIpc) is 2.90. The van der Waals surface area contributed by atoms with Gasteiger partial charge in [-0.25, -0.2) is 0 Å². The normalized spacial score (nSPS) is 21.3. The number of carbonyl (C=O) groups excluding carboxylic acids is 1. The summed E-state index contributed by atoms with van der Waals surface area (Å²) < 4.78 is 6.26. The summed E-state index contributed by atoms with van der Waals surface area (Å²) in [7, 11) is 0. The van der Waals surface area contributed by atoms with Crippen LogP contribution in [0.2, 0.25) is 0 Å². The number of pyridine rings is 1. The largest absolute Gasteiger partial charge is 0.466 e. The van der Waals surface area contributed by atoms with Crippen molar-refractivity contribution in [1.82, 2.24) is 4.98 Å². The van der Waals surface area contributed by atoms with Gasteiger partial charge in [-0.3, -0.25) is 9.78 Å². The Morgan fingerprint density at radius 3 is 3.05 bits per heavy atom. The zero-order valence-electron chi connectivity index (χ0n) is 12.8. The molecular weight excluding hydrogens is 344 g/mol. The Labute approximate surface area is 138 Å². The third-order valence-corrected chi connectivity index (χ3v) is 4.76. The molecular formula is C17H19BrN2O2. The van der Waals surface area contributed by atoms with Crippen molar-refractivity contribution in [2.24, 2.45) is 5.41 Å². The van der Waals surface area contributed by atoms with Gasteiger partial charge in [0.2, 0.25) is 0 Å². The Morgan fingerprint density at radius 1 is 1.45 bits per heavy atom. The van der Waals surface area contributed by atoms with Crippen LogP contribution in [0.25, 0.3) is 10.9 Å². The molecule has 1 aliphatic rings. The standard InChI is InChI=1S/C17H19BrN2O2/c1-3-22-16(21)17(2)7-9-20(11-17)15-6-8-19-14-5-4-12(18)10-13(14)15/h4-6,8,10H,3,7,9,11H2,1-2H3. The molecule has 0 saturated carbocycles. The molecule has 1 atom stereocenters. The van der Waals surface area contributed by atoms with E-state index in [2.05, 4.69) is 31.9 Å². The highest BCUT2D eigenvalue weighted by molar-refractivity contribution is 9.10. The van der Waals surface area contributed by atoms with E-state index in [0.717, 1.165) is 34.0 Å². The highest BCUT2D eigenvalue weighted by Crippen LogP contribution is 2.37. The number of fused-ring (bicyclic) bond motifs is 1. The van der Waals surface area contributed by atoms with E-state index in [4.69, 9.17) is 4.74 Å². The molecule has 1 aromatic carbocycles. The maximum Gasteiger partial charge on any atom is 0.313 e. The van der Waals surface area contributed by atoms with Gasteiger partial charge < -0.3 is 9.64 Å². The second-order valence-electron chi connectivity index (χ2n) is 5.94. The Balaban J connectivity index is 1.93. The molecule has 1 saturated heterocycles. The summed E-state index contributed by atoms with van der Waals surface area (Å²) in [5, 5.41) is 1.10. The fourth-order valence-electron chi connectivity index (χ4n) is 3.02. The average molecular weight is 363 g/mol. The quantitative estimate of drug-likeness (QED) is 0.779. The maximum atomic E-state index is 12.2. The number of ether oxygens (including phenoxy) is 1. The van der Waals surface area contributed by atoms with E-state index in [9.17, 15) is 4.79 Å². The monoisotopic (exact) mass is 362 g/mol. The molecule has 22 heavy (non-hydrogen) atoms. The zero-order valence-corrected chi connectivity index (χ0v) is 14.4. The number of esters is 1. The molecule has 0 amide bonds. The first-order valence-corrected chi connectivity index (χ1v) is 8.29. The summed E-state index contributed by atoms with van der Waals surface area (Å²) in [6.07, 6.45) is 2.63. The van der Waals surface area contributed by atoms with Crippen LogP contribution >= 0.6 is 15.9 Å². The predicted molar refractivity (Wildman–Crippen MR) is 91.0 cm³/mol. The van der Waals surface area contributed by atoms with Crippen LogP contribution < -0.4 is 4.90 Å². The molecule has 1 aliphatic heterocycles. The molecule has 5 heteroatoms. The molecule has 1 aromatic heterocycles. The molecule has 3 rings (SSSR count). The lowest BCUT2D eigenvalue weighted by molar-refractivity contribution is -0.153. The lowest BCUT2D eigenvalue weighted by atomic mass is 9.90. The van der Waals surface area contributed by atoms with Crippen LogP contribution in [-0.4, -0.2) is 30.6 Å².